The van der Waals surface area contributed by atoms with Gasteiger partial charge >= 0.3 is 5.97 Å². The Labute approximate surface area is 146 Å². The summed E-state index contributed by atoms with van der Waals surface area (Å²) >= 11 is 0. The molecule has 2 aromatic heterocycles. The van der Waals surface area contributed by atoms with E-state index in [2.05, 4.69) is 20.4 Å². The highest BCUT2D eigenvalue weighted by atomic mass is 16.4. The van der Waals surface area contributed by atoms with E-state index in [1.807, 2.05) is 27.7 Å². The Morgan fingerprint density at radius 1 is 1.28 bits per heavy atom. The van der Waals surface area contributed by atoms with Gasteiger partial charge in [-0.25, -0.2) is 9.50 Å². The van der Waals surface area contributed by atoms with Crippen LogP contribution in [0.5, 0.6) is 0 Å². The first-order chi connectivity index (χ1) is 11.8. The number of aliphatic carboxylic acids is 1. The molecule has 0 aliphatic carbocycles. The summed E-state index contributed by atoms with van der Waals surface area (Å²) in [5, 5.41) is 16.3. The van der Waals surface area contributed by atoms with E-state index in [0.717, 1.165) is 17.0 Å². The van der Waals surface area contributed by atoms with Crippen molar-refractivity contribution in [2.24, 2.45) is 5.41 Å². The van der Waals surface area contributed by atoms with Crippen LogP contribution in [0.4, 0.5) is 0 Å². The predicted molar refractivity (Wildman–Crippen MR) is 92.2 cm³/mol. The predicted octanol–water partition coefficient (Wildman–Crippen LogP) is 1.68. The third-order valence-corrected chi connectivity index (χ3v) is 5.02. The number of aromatic nitrogens is 4. The zero-order valence-electron chi connectivity index (χ0n) is 15.2. The molecule has 0 saturated heterocycles. The van der Waals surface area contributed by atoms with Gasteiger partial charge in [0.05, 0.1) is 5.41 Å². The monoisotopic (exact) mass is 347 g/mol. The van der Waals surface area contributed by atoms with Gasteiger partial charge in [-0.2, -0.15) is 10.1 Å². The number of hydrogen-bond donors (Lipinski definition) is 2. The molecule has 0 aliphatic heterocycles. The van der Waals surface area contributed by atoms with Crippen LogP contribution in [0, 0.1) is 19.3 Å². The van der Waals surface area contributed by atoms with Crippen molar-refractivity contribution >= 4 is 17.7 Å². The summed E-state index contributed by atoms with van der Waals surface area (Å²) in [6.45, 7) is 7.61. The van der Waals surface area contributed by atoms with Gasteiger partial charge in [-0.3, -0.25) is 9.59 Å². The van der Waals surface area contributed by atoms with Crippen molar-refractivity contribution in [3.05, 3.63) is 23.3 Å². The minimum Gasteiger partial charge on any atom is -0.481 e. The van der Waals surface area contributed by atoms with Crippen LogP contribution in [0.15, 0.2) is 6.33 Å². The topological polar surface area (TPSA) is 109 Å². The molecule has 0 unspecified atom stereocenters. The fraction of sp³-hybridized carbons (Fsp3) is 0.588. The van der Waals surface area contributed by atoms with Crippen molar-refractivity contribution in [3.8, 4) is 0 Å². The Bertz CT molecular complexity index is 780. The van der Waals surface area contributed by atoms with E-state index in [1.165, 1.54) is 6.33 Å². The largest absolute Gasteiger partial charge is 0.481 e. The Hall–Kier alpha value is -2.51. The van der Waals surface area contributed by atoms with Crippen LogP contribution in [-0.4, -0.2) is 43.1 Å². The number of rotatable bonds is 8. The van der Waals surface area contributed by atoms with Gasteiger partial charge in [0.15, 0.2) is 0 Å². The van der Waals surface area contributed by atoms with Crippen molar-refractivity contribution in [2.45, 2.75) is 53.4 Å². The maximum Gasteiger partial charge on any atom is 0.311 e. The lowest BCUT2D eigenvalue weighted by atomic mass is 9.82. The first kappa shape index (κ1) is 18.8. The van der Waals surface area contributed by atoms with Crippen LogP contribution in [0.3, 0.4) is 0 Å². The van der Waals surface area contributed by atoms with E-state index in [4.69, 9.17) is 0 Å². The minimum atomic E-state index is -0.900. The Kier molecular flexibility index (Phi) is 5.71. The highest BCUT2D eigenvalue weighted by Crippen LogP contribution is 2.25. The maximum atomic E-state index is 12.2. The average molecular weight is 347 g/mol. The third kappa shape index (κ3) is 3.78. The average Bonchev–Trinajstić information content (AvgIpc) is 3.04. The summed E-state index contributed by atoms with van der Waals surface area (Å²) in [5.74, 6) is -0.490. The lowest BCUT2D eigenvalue weighted by Crippen LogP contribution is -2.42. The molecule has 0 bridgehead atoms. The second-order valence-electron chi connectivity index (χ2n) is 6.30. The van der Waals surface area contributed by atoms with Gasteiger partial charge < -0.3 is 10.4 Å². The zero-order chi connectivity index (χ0) is 18.6. The van der Waals surface area contributed by atoms with E-state index in [1.54, 1.807) is 4.52 Å². The molecule has 8 nitrogen and oxygen atoms in total. The van der Waals surface area contributed by atoms with Gasteiger partial charge in [-0.15, -0.1) is 0 Å². The molecule has 0 aromatic carbocycles. The van der Waals surface area contributed by atoms with Gasteiger partial charge in [0.25, 0.3) is 5.78 Å². The highest BCUT2D eigenvalue weighted by Gasteiger charge is 2.35. The van der Waals surface area contributed by atoms with Crippen LogP contribution in [0.25, 0.3) is 5.78 Å². The van der Waals surface area contributed by atoms with E-state index < -0.39 is 11.4 Å². The Morgan fingerprint density at radius 3 is 2.56 bits per heavy atom. The number of carboxylic acid groups (broad SMARTS) is 1. The number of amides is 1. The van der Waals surface area contributed by atoms with Crippen LogP contribution < -0.4 is 5.32 Å². The number of hydrogen-bond acceptors (Lipinski definition) is 5. The molecule has 8 heteroatoms. The van der Waals surface area contributed by atoms with Crippen LogP contribution in [0.1, 0.15) is 50.1 Å². The van der Waals surface area contributed by atoms with Gasteiger partial charge in [0.2, 0.25) is 5.91 Å². The molecule has 2 N–H and O–H groups in total. The van der Waals surface area contributed by atoms with Gasteiger partial charge in [-0.05, 0) is 38.7 Å². The third-order valence-electron chi connectivity index (χ3n) is 5.02. The van der Waals surface area contributed by atoms with Crippen molar-refractivity contribution in [1.29, 1.82) is 0 Å². The molecule has 2 heterocycles. The second kappa shape index (κ2) is 7.58. The molecule has 0 spiro atoms. The molecule has 0 aliphatic rings. The van der Waals surface area contributed by atoms with E-state index in [-0.39, 0.29) is 18.9 Å². The fourth-order valence-electron chi connectivity index (χ4n) is 2.99. The first-order valence-corrected chi connectivity index (χ1v) is 8.50. The molecular formula is C17H25N5O3. The lowest BCUT2D eigenvalue weighted by Gasteiger charge is -2.26. The fourth-order valence-corrected chi connectivity index (χ4v) is 2.99. The van der Waals surface area contributed by atoms with Crippen LogP contribution in [-0.2, 0) is 16.0 Å². The van der Waals surface area contributed by atoms with Gasteiger partial charge in [0, 0.05) is 24.4 Å². The van der Waals surface area contributed by atoms with Crippen molar-refractivity contribution in [1.82, 2.24) is 24.9 Å². The summed E-state index contributed by atoms with van der Waals surface area (Å²) in [7, 11) is 0. The van der Waals surface area contributed by atoms with Crippen molar-refractivity contribution in [2.75, 3.05) is 6.54 Å². The number of carbonyl (C=O) groups excluding carboxylic acids is 1. The SMILES string of the molecule is CCC(CC)(CNC(=O)CCc1c(C)nc2ncnn2c1C)C(=O)O. The summed E-state index contributed by atoms with van der Waals surface area (Å²) in [6.07, 6.45) is 3.19. The smallest absolute Gasteiger partial charge is 0.311 e. The van der Waals surface area contributed by atoms with Crippen molar-refractivity contribution < 1.29 is 14.7 Å². The molecule has 0 atom stereocenters. The molecule has 2 rings (SSSR count). The Balaban J connectivity index is 2.02. The summed E-state index contributed by atoms with van der Waals surface area (Å²) in [6, 6.07) is 0. The van der Waals surface area contributed by atoms with E-state index in [0.29, 0.717) is 25.0 Å². The standard InChI is InChI=1S/C17H25N5O3/c1-5-17(6-2,15(24)25)9-18-14(23)8-7-13-11(3)21-16-19-10-20-22(16)12(13)4/h10H,5-9H2,1-4H3,(H,18,23)(H,24,25). The molecular weight excluding hydrogens is 322 g/mol. The van der Waals surface area contributed by atoms with Crippen LogP contribution in [0.2, 0.25) is 0 Å². The summed E-state index contributed by atoms with van der Waals surface area (Å²) in [4.78, 5) is 32.1. The molecule has 25 heavy (non-hydrogen) atoms. The Morgan fingerprint density at radius 2 is 1.96 bits per heavy atom. The quantitative estimate of drug-likeness (QED) is 0.752. The molecule has 136 valence electrons. The van der Waals surface area contributed by atoms with Gasteiger partial charge in [-0.1, -0.05) is 13.8 Å². The summed E-state index contributed by atoms with van der Waals surface area (Å²) < 4.78 is 1.66. The number of nitrogens with one attached hydrogen (secondary N) is 1. The number of nitrogens with zero attached hydrogens (tertiary/aromatic N) is 4. The van der Waals surface area contributed by atoms with Gasteiger partial charge in [0.1, 0.15) is 6.33 Å². The van der Waals surface area contributed by atoms with Crippen LogP contribution >= 0.6 is 0 Å². The normalized spacial score (nSPS) is 11.7. The number of aryl methyl sites for hydroxylation is 2. The second-order valence-corrected chi connectivity index (χ2v) is 6.30. The maximum absolute atomic E-state index is 12.2. The van der Waals surface area contributed by atoms with E-state index >= 15 is 0 Å². The number of carbonyl (C=O) groups is 2. The lowest BCUT2D eigenvalue weighted by molar-refractivity contribution is -0.149. The minimum absolute atomic E-state index is 0.145. The number of carboxylic acids is 1. The molecule has 0 fully saturated rings. The highest BCUT2D eigenvalue weighted by molar-refractivity contribution is 5.79. The molecule has 0 saturated carbocycles. The van der Waals surface area contributed by atoms with Crippen molar-refractivity contribution in [3.63, 3.8) is 0 Å². The number of fused-ring (bicyclic) bond motifs is 1. The summed E-state index contributed by atoms with van der Waals surface area (Å²) in [5.41, 5.74) is 1.80. The molecule has 0 radical (unpaired) electrons. The molecule has 2 aromatic rings. The van der Waals surface area contributed by atoms with E-state index in [9.17, 15) is 14.7 Å². The zero-order valence-corrected chi connectivity index (χ0v) is 15.2. The molecule has 1 amide bonds. The first-order valence-electron chi connectivity index (χ1n) is 8.50.